The lowest BCUT2D eigenvalue weighted by molar-refractivity contribution is 0.404. The molecule has 82 valence electrons. The van der Waals surface area contributed by atoms with Gasteiger partial charge in [-0.25, -0.2) is 4.98 Å². The molecule has 0 atom stereocenters. The maximum Gasteiger partial charge on any atom is 0.295 e. The van der Waals surface area contributed by atoms with Gasteiger partial charge in [0.15, 0.2) is 5.82 Å². The molecule has 6 nitrogen and oxygen atoms in total. The summed E-state index contributed by atoms with van der Waals surface area (Å²) in [6, 6.07) is 0. The lowest BCUT2D eigenvalue weighted by atomic mass is 10.3. The van der Waals surface area contributed by atoms with E-state index in [0.29, 0.717) is 11.6 Å². The SMILES string of the molecule is COc1c(N2CCNCC2)nc[nH]c1=O. The number of nitrogens with one attached hydrogen (secondary N) is 2. The number of methoxy groups -OCH3 is 1. The molecule has 6 heteroatoms. The fourth-order valence-electron chi connectivity index (χ4n) is 1.66. The first-order valence-electron chi connectivity index (χ1n) is 4.90. The molecule has 2 N–H and O–H groups in total. The molecule has 0 unspecified atom stereocenters. The monoisotopic (exact) mass is 210 g/mol. The van der Waals surface area contributed by atoms with Crippen LogP contribution >= 0.6 is 0 Å². The van der Waals surface area contributed by atoms with Crippen molar-refractivity contribution in [2.75, 3.05) is 38.2 Å². The van der Waals surface area contributed by atoms with Crippen molar-refractivity contribution in [3.8, 4) is 5.75 Å². The van der Waals surface area contributed by atoms with Crippen LogP contribution in [-0.2, 0) is 0 Å². The van der Waals surface area contributed by atoms with Crippen molar-refractivity contribution < 1.29 is 4.74 Å². The van der Waals surface area contributed by atoms with Crippen LogP contribution in [0.3, 0.4) is 0 Å². The Labute approximate surface area is 87.3 Å². The molecule has 0 amide bonds. The van der Waals surface area contributed by atoms with Crippen molar-refractivity contribution in [1.29, 1.82) is 0 Å². The molecule has 1 saturated heterocycles. The van der Waals surface area contributed by atoms with Crippen molar-refractivity contribution in [3.63, 3.8) is 0 Å². The Balaban J connectivity index is 2.33. The molecule has 1 aliphatic heterocycles. The van der Waals surface area contributed by atoms with E-state index < -0.39 is 0 Å². The van der Waals surface area contributed by atoms with E-state index in [1.165, 1.54) is 13.4 Å². The van der Waals surface area contributed by atoms with Crippen LogP contribution in [0.1, 0.15) is 0 Å². The molecule has 0 aliphatic carbocycles. The highest BCUT2D eigenvalue weighted by Gasteiger charge is 2.17. The summed E-state index contributed by atoms with van der Waals surface area (Å²) in [6.45, 7) is 3.48. The predicted octanol–water partition coefficient (Wildman–Crippen LogP) is -0.812. The lowest BCUT2D eigenvalue weighted by Gasteiger charge is -2.28. The highest BCUT2D eigenvalue weighted by atomic mass is 16.5. The van der Waals surface area contributed by atoms with Gasteiger partial charge in [-0.2, -0.15) is 0 Å². The quantitative estimate of drug-likeness (QED) is 0.668. The number of anilines is 1. The van der Waals surface area contributed by atoms with Crippen LogP contribution in [0.15, 0.2) is 11.1 Å². The van der Waals surface area contributed by atoms with Crippen LogP contribution in [0.25, 0.3) is 0 Å². The third kappa shape index (κ3) is 1.94. The largest absolute Gasteiger partial charge is 0.489 e. The number of hydrogen-bond donors (Lipinski definition) is 2. The van der Waals surface area contributed by atoms with Gasteiger partial charge in [-0.1, -0.05) is 0 Å². The van der Waals surface area contributed by atoms with Crippen molar-refractivity contribution in [1.82, 2.24) is 15.3 Å². The Morgan fingerprint density at radius 2 is 2.20 bits per heavy atom. The molecular weight excluding hydrogens is 196 g/mol. The first-order valence-corrected chi connectivity index (χ1v) is 4.90. The Bertz CT molecular complexity index is 384. The number of rotatable bonds is 2. The normalized spacial score (nSPS) is 16.5. The van der Waals surface area contributed by atoms with E-state index in [2.05, 4.69) is 15.3 Å². The van der Waals surface area contributed by atoms with Crippen LogP contribution in [-0.4, -0.2) is 43.3 Å². The molecule has 1 aromatic heterocycles. The first kappa shape index (κ1) is 9.97. The van der Waals surface area contributed by atoms with Crippen molar-refractivity contribution in [2.45, 2.75) is 0 Å². The van der Waals surface area contributed by atoms with Crippen LogP contribution in [0.4, 0.5) is 5.82 Å². The summed E-state index contributed by atoms with van der Waals surface area (Å²) >= 11 is 0. The highest BCUT2D eigenvalue weighted by molar-refractivity contribution is 5.50. The van der Waals surface area contributed by atoms with Crippen molar-refractivity contribution in [3.05, 3.63) is 16.7 Å². The van der Waals surface area contributed by atoms with Gasteiger partial charge in [-0.3, -0.25) is 4.79 Å². The van der Waals surface area contributed by atoms with E-state index in [1.54, 1.807) is 0 Å². The molecule has 2 rings (SSSR count). The van der Waals surface area contributed by atoms with E-state index >= 15 is 0 Å². The molecule has 0 radical (unpaired) electrons. The fraction of sp³-hybridized carbons (Fsp3) is 0.556. The average molecular weight is 210 g/mol. The first-order chi connectivity index (χ1) is 7.33. The van der Waals surface area contributed by atoms with E-state index in [-0.39, 0.29) is 5.56 Å². The molecule has 0 spiro atoms. The number of hydrogen-bond acceptors (Lipinski definition) is 5. The number of aromatic amines is 1. The molecular formula is C9H14N4O2. The Kier molecular flexibility index (Phi) is 2.86. The summed E-state index contributed by atoms with van der Waals surface area (Å²) < 4.78 is 5.06. The predicted molar refractivity (Wildman–Crippen MR) is 56.5 cm³/mol. The van der Waals surface area contributed by atoms with E-state index in [4.69, 9.17) is 4.74 Å². The second-order valence-corrected chi connectivity index (χ2v) is 3.33. The second-order valence-electron chi connectivity index (χ2n) is 3.33. The van der Waals surface area contributed by atoms with E-state index in [9.17, 15) is 4.79 Å². The molecule has 2 heterocycles. The van der Waals surface area contributed by atoms with Gasteiger partial charge in [-0.05, 0) is 0 Å². The summed E-state index contributed by atoms with van der Waals surface area (Å²) in [5, 5.41) is 3.24. The van der Waals surface area contributed by atoms with Gasteiger partial charge in [0.1, 0.15) is 0 Å². The Morgan fingerprint density at radius 3 is 2.87 bits per heavy atom. The van der Waals surface area contributed by atoms with Crippen LogP contribution in [0, 0.1) is 0 Å². The third-order valence-electron chi connectivity index (χ3n) is 2.41. The minimum Gasteiger partial charge on any atom is -0.489 e. The van der Waals surface area contributed by atoms with Crippen molar-refractivity contribution in [2.24, 2.45) is 0 Å². The molecule has 1 fully saturated rings. The fourth-order valence-corrected chi connectivity index (χ4v) is 1.66. The topological polar surface area (TPSA) is 70.2 Å². The number of aromatic nitrogens is 2. The Hall–Kier alpha value is -1.56. The van der Waals surface area contributed by atoms with E-state index in [1.807, 2.05) is 4.90 Å². The van der Waals surface area contributed by atoms with Crippen molar-refractivity contribution >= 4 is 5.82 Å². The zero-order valence-corrected chi connectivity index (χ0v) is 8.62. The van der Waals surface area contributed by atoms with Gasteiger partial charge in [-0.15, -0.1) is 0 Å². The van der Waals surface area contributed by atoms with Gasteiger partial charge in [0.2, 0.25) is 5.75 Å². The number of nitrogens with zero attached hydrogens (tertiary/aromatic N) is 2. The number of ether oxygens (including phenoxy) is 1. The van der Waals surface area contributed by atoms with Crippen LogP contribution in [0.2, 0.25) is 0 Å². The van der Waals surface area contributed by atoms with Crippen LogP contribution in [0.5, 0.6) is 5.75 Å². The number of H-pyrrole nitrogens is 1. The van der Waals surface area contributed by atoms with Gasteiger partial charge < -0.3 is 19.9 Å². The molecule has 0 bridgehead atoms. The molecule has 0 aromatic carbocycles. The smallest absolute Gasteiger partial charge is 0.295 e. The highest BCUT2D eigenvalue weighted by Crippen LogP contribution is 2.19. The molecule has 1 aliphatic rings. The second kappa shape index (κ2) is 4.31. The summed E-state index contributed by atoms with van der Waals surface area (Å²) in [5.74, 6) is 0.919. The van der Waals surface area contributed by atoms with Crippen LogP contribution < -0.4 is 20.5 Å². The van der Waals surface area contributed by atoms with E-state index in [0.717, 1.165) is 26.2 Å². The Morgan fingerprint density at radius 1 is 1.47 bits per heavy atom. The summed E-state index contributed by atoms with van der Waals surface area (Å²) in [5.41, 5.74) is -0.235. The zero-order valence-electron chi connectivity index (χ0n) is 8.62. The van der Waals surface area contributed by atoms with Gasteiger partial charge in [0.05, 0.1) is 13.4 Å². The molecule has 0 saturated carbocycles. The summed E-state index contributed by atoms with van der Waals surface area (Å²) in [6.07, 6.45) is 1.40. The minimum atomic E-state index is -0.235. The maximum atomic E-state index is 11.5. The van der Waals surface area contributed by atoms with Gasteiger partial charge in [0, 0.05) is 26.2 Å². The standard InChI is InChI=1S/C9H14N4O2/c1-15-7-8(11-6-12-9(7)14)13-4-2-10-3-5-13/h6,10H,2-5H2,1H3,(H,11,12,14). The molecule has 15 heavy (non-hydrogen) atoms. The van der Waals surface area contributed by atoms with Gasteiger partial charge >= 0.3 is 0 Å². The number of piperazine rings is 1. The summed E-state index contributed by atoms with van der Waals surface area (Å²) in [4.78, 5) is 20.1. The maximum absolute atomic E-state index is 11.5. The minimum absolute atomic E-state index is 0.235. The lowest BCUT2D eigenvalue weighted by Crippen LogP contribution is -2.44. The molecule has 1 aromatic rings. The average Bonchev–Trinajstić information content (AvgIpc) is 2.30. The zero-order chi connectivity index (χ0) is 10.7. The van der Waals surface area contributed by atoms with Gasteiger partial charge in [0.25, 0.3) is 5.56 Å². The third-order valence-corrected chi connectivity index (χ3v) is 2.41. The summed E-state index contributed by atoms with van der Waals surface area (Å²) in [7, 11) is 1.48.